The SMILES string of the molecule is COc1cc(F)c([N+](=O)[O-])cc1Nc1nccc(-c2cn(C3COC3)c3ccccc23)n1. The van der Waals surface area contributed by atoms with Crippen molar-refractivity contribution in [2.24, 2.45) is 0 Å². The van der Waals surface area contributed by atoms with Crippen LogP contribution in [0.4, 0.5) is 21.7 Å². The molecule has 0 unspecified atom stereocenters. The molecule has 2 aromatic carbocycles. The van der Waals surface area contributed by atoms with E-state index in [1.807, 2.05) is 24.4 Å². The molecule has 1 aliphatic heterocycles. The molecule has 0 spiro atoms. The topological polar surface area (TPSA) is 104 Å². The predicted molar refractivity (Wildman–Crippen MR) is 116 cm³/mol. The number of benzene rings is 2. The Hall–Kier alpha value is -4.05. The third kappa shape index (κ3) is 3.40. The number of nitro groups is 1. The van der Waals surface area contributed by atoms with E-state index in [9.17, 15) is 14.5 Å². The van der Waals surface area contributed by atoms with Crippen molar-refractivity contribution >= 4 is 28.2 Å². The zero-order chi connectivity index (χ0) is 22.2. The number of nitro benzene ring substituents is 1. The first kappa shape index (κ1) is 19.9. The summed E-state index contributed by atoms with van der Waals surface area (Å²) in [7, 11) is 1.35. The highest BCUT2D eigenvalue weighted by Gasteiger charge is 2.24. The molecule has 0 amide bonds. The van der Waals surface area contributed by atoms with Gasteiger partial charge in [-0.25, -0.2) is 9.97 Å². The molecule has 5 rings (SSSR count). The number of ether oxygens (including phenoxy) is 2. The van der Waals surface area contributed by atoms with Gasteiger partial charge in [-0.1, -0.05) is 18.2 Å². The molecule has 0 aliphatic carbocycles. The zero-order valence-corrected chi connectivity index (χ0v) is 17.0. The lowest BCUT2D eigenvalue weighted by Gasteiger charge is -2.28. The van der Waals surface area contributed by atoms with Crippen LogP contribution < -0.4 is 10.1 Å². The molecule has 1 fully saturated rings. The van der Waals surface area contributed by atoms with Gasteiger partial charge < -0.3 is 19.4 Å². The lowest BCUT2D eigenvalue weighted by Crippen LogP contribution is -2.29. The van der Waals surface area contributed by atoms with E-state index in [1.165, 1.54) is 7.11 Å². The van der Waals surface area contributed by atoms with Gasteiger partial charge in [0.05, 0.1) is 42.7 Å². The van der Waals surface area contributed by atoms with Gasteiger partial charge in [0.15, 0.2) is 0 Å². The first-order valence-corrected chi connectivity index (χ1v) is 9.85. The zero-order valence-electron chi connectivity index (χ0n) is 17.0. The molecule has 0 bridgehead atoms. The number of aromatic nitrogens is 3. The minimum atomic E-state index is -0.986. The summed E-state index contributed by atoms with van der Waals surface area (Å²) in [6.07, 6.45) is 3.64. The average Bonchev–Trinajstić information content (AvgIpc) is 3.13. The monoisotopic (exact) mass is 435 g/mol. The minimum absolute atomic E-state index is 0.101. The Bertz CT molecular complexity index is 1340. The van der Waals surface area contributed by atoms with Crippen LogP contribution in [-0.2, 0) is 4.74 Å². The summed E-state index contributed by atoms with van der Waals surface area (Å²) in [6.45, 7) is 1.33. The second-order valence-electron chi connectivity index (χ2n) is 7.31. The average molecular weight is 435 g/mol. The number of methoxy groups -OCH3 is 1. The number of nitrogens with zero attached hydrogens (tertiary/aromatic N) is 4. The van der Waals surface area contributed by atoms with Gasteiger partial charge >= 0.3 is 5.69 Å². The molecule has 10 heteroatoms. The Labute approximate surface area is 181 Å². The van der Waals surface area contributed by atoms with Crippen molar-refractivity contribution in [3.05, 3.63) is 70.8 Å². The molecule has 4 aromatic rings. The molecule has 1 saturated heterocycles. The Balaban J connectivity index is 1.54. The maximum Gasteiger partial charge on any atom is 0.307 e. The lowest BCUT2D eigenvalue weighted by atomic mass is 10.1. The van der Waals surface area contributed by atoms with Crippen molar-refractivity contribution in [2.45, 2.75) is 6.04 Å². The van der Waals surface area contributed by atoms with E-state index in [0.717, 1.165) is 28.6 Å². The van der Waals surface area contributed by atoms with Gasteiger partial charge in [0.25, 0.3) is 0 Å². The fourth-order valence-electron chi connectivity index (χ4n) is 3.73. The normalized spacial score (nSPS) is 13.7. The van der Waals surface area contributed by atoms with Crippen molar-refractivity contribution in [2.75, 3.05) is 25.6 Å². The van der Waals surface area contributed by atoms with Gasteiger partial charge in [-0.15, -0.1) is 0 Å². The molecule has 3 heterocycles. The van der Waals surface area contributed by atoms with Crippen molar-refractivity contribution in [3.8, 4) is 17.0 Å². The van der Waals surface area contributed by atoms with Crippen molar-refractivity contribution in [1.29, 1.82) is 0 Å². The highest BCUT2D eigenvalue weighted by Crippen LogP contribution is 2.35. The van der Waals surface area contributed by atoms with Gasteiger partial charge in [0, 0.05) is 41.0 Å². The quantitative estimate of drug-likeness (QED) is 0.352. The van der Waals surface area contributed by atoms with E-state index in [1.54, 1.807) is 12.3 Å². The first-order chi connectivity index (χ1) is 15.5. The minimum Gasteiger partial charge on any atom is -0.494 e. The van der Waals surface area contributed by atoms with E-state index in [0.29, 0.717) is 18.9 Å². The lowest BCUT2D eigenvalue weighted by molar-refractivity contribution is -0.387. The highest BCUT2D eigenvalue weighted by molar-refractivity contribution is 5.95. The summed E-state index contributed by atoms with van der Waals surface area (Å²) in [4.78, 5) is 19.1. The summed E-state index contributed by atoms with van der Waals surface area (Å²) in [5, 5.41) is 15.1. The van der Waals surface area contributed by atoms with Crippen molar-refractivity contribution < 1.29 is 18.8 Å². The summed E-state index contributed by atoms with van der Waals surface area (Å²) >= 11 is 0. The number of hydrogen-bond donors (Lipinski definition) is 1. The number of para-hydroxylation sites is 1. The summed E-state index contributed by atoms with van der Waals surface area (Å²) < 4.78 is 26.7. The van der Waals surface area contributed by atoms with E-state index in [4.69, 9.17) is 9.47 Å². The molecular weight excluding hydrogens is 417 g/mol. The van der Waals surface area contributed by atoms with Gasteiger partial charge in [0.2, 0.25) is 11.8 Å². The molecule has 1 N–H and O–H groups in total. The van der Waals surface area contributed by atoms with E-state index in [-0.39, 0.29) is 23.4 Å². The molecule has 32 heavy (non-hydrogen) atoms. The first-order valence-electron chi connectivity index (χ1n) is 9.85. The van der Waals surface area contributed by atoms with Crippen LogP contribution in [0, 0.1) is 15.9 Å². The second kappa shape index (κ2) is 7.89. The predicted octanol–water partition coefficient (Wildman–Crippen LogP) is 4.47. The van der Waals surface area contributed by atoms with Crippen LogP contribution >= 0.6 is 0 Å². The fraction of sp³-hybridized carbons (Fsp3) is 0.182. The highest BCUT2D eigenvalue weighted by atomic mass is 19.1. The van der Waals surface area contributed by atoms with Crippen molar-refractivity contribution in [1.82, 2.24) is 14.5 Å². The number of hydrogen-bond acceptors (Lipinski definition) is 7. The number of halogens is 1. The summed E-state index contributed by atoms with van der Waals surface area (Å²) in [6, 6.07) is 12.1. The van der Waals surface area contributed by atoms with Crippen LogP contribution in [0.25, 0.3) is 22.2 Å². The van der Waals surface area contributed by atoms with Crippen LogP contribution in [-0.4, -0.2) is 39.8 Å². The van der Waals surface area contributed by atoms with E-state index < -0.39 is 16.4 Å². The third-order valence-corrected chi connectivity index (χ3v) is 5.40. The third-order valence-electron chi connectivity index (χ3n) is 5.40. The van der Waals surface area contributed by atoms with Crippen LogP contribution in [0.2, 0.25) is 0 Å². The fourth-order valence-corrected chi connectivity index (χ4v) is 3.73. The number of fused-ring (bicyclic) bond motifs is 1. The number of rotatable bonds is 6. The largest absolute Gasteiger partial charge is 0.494 e. The van der Waals surface area contributed by atoms with Gasteiger partial charge in [-0.05, 0) is 12.1 Å². The van der Waals surface area contributed by atoms with Crippen LogP contribution in [0.3, 0.4) is 0 Å². The van der Waals surface area contributed by atoms with Crippen LogP contribution in [0.1, 0.15) is 6.04 Å². The van der Waals surface area contributed by atoms with Crippen molar-refractivity contribution in [3.63, 3.8) is 0 Å². The maximum atomic E-state index is 14.0. The molecular formula is C22H18FN5O4. The molecule has 0 radical (unpaired) electrons. The van der Waals surface area contributed by atoms with Gasteiger partial charge in [0.1, 0.15) is 5.75 Å². The summed E-state index contributed by atoms with van der Waals surface area (Å²) in [5.74, 6) is -0.686. The Morgan fingerprint density at radius 3 is 2.81 bits per heavy atom. The smallest absolute Gasteiger partial charge is 0.307 e. The molecule has 2 aromatic heterocycles. The summed E-state index contributed by atoms with van der Waals surface area (Å²) in [5.41, 5.74) is 2.20. The standard InChI is InChI=1S/C22H18FN5O4/c1-31-21-8-16(23)20(28(29)30)9-18(21)26-22-24-7-6-17(25-22)15-10-27(13-11-32-12-13)19-5-3-2-4-14(15)19/h2-10,13H,11-12H2,1H3,(H,24,25,26). The second-order valence-corrected chi connectivity index (χ2v) is 7.31. The van der Waals surface area contributed by atoms with Gasteiger partial charge in [-0.3, -0.25) is 10.1 Å². The Morgan fingerprint density at radius 1 is 1.28 bits per heavy atom. The van der Waals surface area contributed by atoms with E-state index in [2.05, 4.69) is 25.9 Å². The number of nitrogens with one attached hydrogen (secondary N) is 1. The molecule has 9 nitrogen and oxygen atoms in total. The Kier molecular flexibility index (Phi) is 4.91. The maximum absolute atomic E-state index is 14.0. The van der Waals surface area contributed by atoms with E-state index >= 15 is 0 Å². The van der Waals surface area contributed by atoms with Gasteiger partial charge in [-0.2, -0.15) is 4.39 Å². The van der Waals surface area contributed by atoms with Crippen LogP contribution in [0.15, 0.2) is 54.9 Å². The molecule has 0 atom stereocenters. The molecule has 0 saturated carbocycles. The van der Waals surface area contributed by atoms with Crippen LogP contribution in [0.5, 0.6) is 5.75 Å². The Morgan fingerprint density at radius 2 is 2.09 bits per heavy atom. The molecule has 1 aliphatic rings. The number of anilines is 2. The molecule has 162 valence electrons.